The second-order valence-electron chi connectivity index (χ2n) is 13.0. The second-order valence-corrected chi connectivity index (χ2v) is 14.7. The minimum absolute atomic E-state index is 0.150. The van der Waals surface area contributed by atoms with Crippen LogP contribution in [0.4, 0.5) is 11.4 Å². The number of fused-ring (bicyclic) bond motifs is 5. The summed E-state index contributed by atoms with van der Waals surface area (Å²) in [5.74, 6) is -2.80. The summed E-state index contributed by atoms with van der Waals surface area (Å²) in [6.45, 7) is 0. The van der Waals surface area contributed by atoms with Crippen LogP contribution in [0, 0.1) is 11.8 Å². The van der Waals surface area contributed by atoms with Crippen LogP contribution >= 0.6 is 46.4 Å². The van der Waals surface area contributed by atoms with Gasteiger partial charge in [0.25, 0.3) is 11.8 Å². The van der Waals surface area contributed by atoms with Crippen molar-refractivity contribution < 1.29 is 38.1 Å². The molecule has 54 heavy (non-hydrogen) atoms. The number of imide groups is 2. The molecule has 4 heterocycles. The number of methoxy groups -OCH3 is 4. The molecule has 0 N–H and O–H groups in total. The molecule has 4 amide bonds. The Morgan fingerprint density at radius 2 is 0.833 bits per heavy atom. The monoisotopic (exact) mass is 810 g/mol. The first-order valence-electron chi connectivity index (χ1n) is 16.6. The first-order valence-corrected chi connectivity index (χ1v) is 18.1. The van der Waals surface area contributed by atoms with Crippen LogP contribution in [-0.4, -0.2) is 74.2 Å². The van der Waals surface area contributed by atoms with Crippen LogP contribution in [0.1, 0.15) is 23.2 Å². The third kappa shape index (κ3) is 5.26. The van der Waals surface area contributed by atoms with E-state index >= 15 is 0 Å². The van der Waals surface area contributed by atoms with Gasteiger partial charge in [-0.3, -0.25) is 19.2 Å². The molecule has 4 aromatic rings. The fourth-order valence-electron chi connectivity index (χ4n) is 8.33. The molecule has 4 aliphatic heterocycles. The van der Waals surface area contributed by atoms with E-state index < -0.39 is 59.6 Å². The largest absolute Gasteiger partial charge is 0.497 e. The summed E-state index contributed by atoms with van der Waals surface area (Å²) in [6, 6.07) is 14.8. The number of anilines is 2. The van der Waals surface area contributed by atoms with E-state index in [1.54, 1.807) is 46.4 Å². The fourth-order valence-corrected chi connectivity index (χ4v) is 8.92. The Morgan fingerprint density at radius 1 is 0.444 bits per heavy atom. The third-order valence-corrected chi connectivity index (χ3v) is 12.0. The molecule has 8 rings (SSSR count). The number of amides is 4. The SMILES string of the molecule is COc1ccc([C@@H]2[C@@H]3C(=O)N(c4ccc(Cl)c(Cl)c4)C(=O)[C@H]3N3[C@@H](c4ccc(OC)cc4OC)[C@H]4C(=O)N(c5ccc(Cl)c(Cl)c5)C(=O)[C@@H]4N23)c(OC)c1. The summed E-state index contributed by atoms with van der Waals surface area (Å²) in [5, 5.41) is 4.20. The number of hydrogen-bond acceptors (Lipinski definition) is 10. The highest BCUT2D eigenvalue weighted by Gasteiger charge is 2.74. The van der Waals surface area contributed by atoms with Crippen LogP contribution in [0.15, 0.2) is 72.8 Å². The molecule has 278 valence electrons. The molecule has 16 heteroatoms. The van der Waals surface area contributed by atoms with Gasteiger partial charge >= 0.3 is 0 Å². The van der Waals surface area contributed by atoms with Crippen molar-refractivity contribution in [1.29, 1.82) is 0 Å². The topological polar surface area (TPSA) is 118 Å². The Bertz CT molecular complexity index is 2120. The van der Waals surface area contributed by atoms with Gasteiger partial charge in [-0.05, 0) is 60.7 Å². The van der Waals surface area contributed by atoms with Gasteiger partial charge in [-0.25, -0.2) is 19.8 Å². The number of halogens is 4. The van der Waals surface area contributed by atoms with Crippen LogP contribution < -0.4 is 28.7 Å². The van der Waals surface area contributed by atoms with Gasteiger partial charge in [-0.1, -0.05) is 46.4 Å². The zero-order valence-electron chi connectivity index (χ0n) is 29.0. The van der Waals surface area contributed by atoms with Gasteiger partial charge in [0.1, 0.15) is 35.1 Å². The fraction of sp³-hybridized carbons (Fsp3) is 0.263. The number of hydrazine groups is 1. The molecule has 4 saturated heterocycles. The summed E-state index contributed by atoms with van der Waals surface area (Å²) in [6.07, 6.45) is 0. The summed E-state index contributed by atoms with van der Waals surface area (Å²) >= 11 is 25.2. The van der Waals surface area contributed by atoms with Gasteiger partial charge in [-0.2, -0.15) is 0 Å². The molecule has 0 bridgehead atoms. The molecule has 0 spiro atoms. The Balaban J connectivity index is 1.38. The Hall–Kier alpha value is -4.56. The van der Waals surface area contributed by atoms with Crippen molar-refractivity contribution in [2.75, 3.05) is 38.2 Å². The molecule has 4 aliphatic rings. The van der Waals surface area contributed by atoms with Crippen LogP contribution in [0.3, 0.4) is 0 Å². The van der Waals surface area contributed by atoms with Crippen LogP contribution in [0.25, 0.3) is 0 Å². The normalized spacial score (nSPS) is 25.0. The second kappa shape index (κ2) is 13.6. The Kier molecular flexibility index (Phi) is 9.19. The zero-order valence-corrected chi connectivity index (χ0v) is 32.0. The number of rotatable bonds is 8. The van der Waals surface area contributed by atoms with Crippen LogP contribution in [0.5, 0.6) is 23.0 Å². The molecule has 0 aromatic heterocycles. The van der Waals surface area contributed by atoms with Crippen molar-refractivity contribution in [1.82, 2.24) is 10.0 Å². The predicted molar refractivity (Wildman–Crippen MR) is 201 cm³/mol. The molecule has 4 fully saturated rings. The molecular weight excluding hydrogens is 782 g/mol. The van der Waals surface area contributed by atoms with E-state index in [2.05, 4.69) is 0 Å². The van der Waals surface area contributed by atoms with Gasteiger partial charge in [0, 0.05) is 23.3 Å². The van der Waals surface area contributed by atoms with Crippen molar-refractivity contribution in [2.45, 2.75) is 24.2 Å². The molecule has 0 aliphatic carbocycles. The van der Waals surface area contributed by atoms with Crippen molar-refractivity contribution in [2.24, 2.45) is 11.8 Å². The maximum Gasteiger partial charge on any atom is 0.253 e. The highest BCUT2D eigenvalue weighted by molar-refractivity contribution is 6.43. The summed E-state index contributed by atoms with van der Waals surface area (Å²) in [5.41, 5.74) is 1.41. The minimum atomic E-state index is -1.19. The van der Waals surface area contributed by atoms with E-state index in [0.717, 1.165) is 9.80 Å². The lowest BCUT2D eigenvalue weighted by Gasteiger charge is -2.36. The Morgan fingerprint density at radius 3 is 1.17 bits per heavy atom. The van der Waals surface area contributed by atoms with Crippen molar-refractivity contribution in [3.8, 4) is 23.0 Å². The summed E-state index contributed by atoms with van der Waals surface area (Å²) in [7, 11) is 5.96. The summed E-state index contributed by atoms with van der Waals surface area (Å²) in [4.78, 5) is 61.7. The van der Waals surface area contributed by atoms with Gasteiger partial charge < -0.3 is 18.9 Å². The van der Waals surface area contributed by atoms with Crippen LogP contribution in [-0.2, 0) is 19.2 Å². The zero-order chi connectivity index (χ0) is 38.3. The van der Waals surface area contributed by atoms with E-state index in [1.807, 2.05) is 0 Å². The summed E-state index contributed by atoms with van der Waals surface area (Å²) < 4.78 is 22.7. The standard InChI is InChI=1S/C38H30Cl4N4O8/c1-51-19-7-9-21(27(15-19)53-3)31-29-33(37(49)43(35(29)47)17-5-11-23(39)25(41)13-17)46-32(22-10-8-20(52-2)16-28(22)54-4)30-34(45(31)46)38(50)44(36(30)48)18-6-12-24(40)26(42)14-18/h5-16,29-34H,1-4H3/t29-,30+,31+,32-,33-,34+. The van der Waals surface area contributed by atoms with Gasteiger partial charge in [0.05, 0.1) is 83.8 Å². The predicted octanol–water partition coefficient (Wildman–Crippen LogP) is 6.78. The lowest BCUT2D eigenvalue weighted by Crippen LogP contribution is -2.50. The molecule has 0 radical (unpaired) electrons. The van der Waals surface area contributed by atoms with E-state index in [9.17, 15) is 19.2 Å². The van der Waals surface area contributed by atoms with Crippen molar-refractivity contribution in [3.63, 3.8) is 0 Å². The number of carbonyl (C=O) groups is 4. The highest BCUT2D eigenvalue weighted by atomic mass is 35.5. The maximum absolute atomic E-state index is 14.9. The quantitative estimate of drug-likeness (QED) is 0.176. The molecular formula is C38H30Cl4N4O8. The molecule has 12 nitrogen and oxygen atoms in total. The van der Waals surface area contributed by atoms with Gasteiger partial charge in [0.2, 0.25) is 11.8 Å². The van der Waals surface area contributed by atoms with E-state index in [4.69, 9.17) is 65.4 Å². The molecule has 0 unspecified atom stereocenters. The first kappa shape index (κ1) is 36.4. The number of carbonyl (C=O) groups excluding carboxylic acids is 4. The lowest BCUT2D eigenvalue weighted by atomic mass is 9.83. The van der Waals surface area contributed by atoms with Gasteiger partial charge in [0.15, 0.2) is 0 Å². The van der Waals surface area contributed by atoms with Crippen LogP contribution in [0.2, 0.25) is 20.1 Å². The van der Waals surface area contributed by atoms with E-state index in [-0.39, 0.29) is 31.5 Å². The maximum atomic E-state index is 14.9. The first-order chi connectivity index (χ1) is 25.9. The Labute approximate surface area is 329 Å². The highest BCUT2D eigenvalue weighted by Crippen LogP contribution is 2.61. The smallest absolute Gasteiger partial charge is 0.253 e. The lowest BCUT2D eigenvalue weighted by molar-refractivity contribution is -0.136. The molecule has 6 atom stereocenters. The van der Waals surface area contributed by atoms with E-state index in [0.29, 0.717) is 34.1 Å². The third-order valence-electron chi connectivity index (χ3n) is 10.6. The van der Waals surface area contributed by atoms with Crippen molar-refractivity contribution >= 4 is 81.4 Å². The average Bonchev–Trinajstić information content (AvgIpc) is 3.84. The average molecular weight is 812 g/mol. The number of nitrogens with zero attached hydrogens (tertiary/aromatic N) is 4. The molecule has 0 saturated carbocycles. The van der Waals surface area contributed by atoms with Crippen molar-refractivity contribution in [3.05, 3.63) is 104 Å². The van der Waals surface area contributed by atoms with Gasteiger partial charge in [-0.15, -0.1) is 0 Å². The van der Waals surface area contributed by atoms with E-state index in [1.165, 1.54) is 64.8 Å². The number of ether oxygens (including phenoxy) is 4. The number of benzene rings is 4. The molecule has 4 aromatic carbocycles. The number of hydrogen-bond donors (Lipinski definition) is 0. The minimum Gasteiger partial charge on any atom is -0.497 e.